The van der Waals surface area contributed by atoms with Crippen LogP contribution in [0.1, 0.15) is 70.1 Å². The van der Waals surface area contributed by atoms with Gasteiger partial charge in [-0.25, -0.2) is 0 Å². The van der Waals surface area contributed by atoms with Gasteiger partial charge in [0.25, 0.3) is 0 Å². The molecule has 0 bridgehead atoms. The van der Waals surface area contributed by atoms with E-state index in [9.17, 15) is 9.59 Å². The number of aromatic nitrogens is 3. The van der Waals surface area contributed by atoms with Crippen LogP contribution in [0.5, 0.6) is 0 Å². The van der Waals surface area contributed by atoms with Crippen LogP contribution in [0.4, 0.5) is 0 Å². The molecule has 0 N–H and O–H groups in total. The molecule has 2 fully saturated rings. The Kier molecular flexibility index (Phi) is 3.62. The summed E-state index contributed by atoms with van der Waals surface area (Å²) < 4.78 is 2.15. The topological polar surface area (TPSA) is 71.3 Å². The van der Waals surface area contributed by atoms with Crippen molar-refractivity contribution in [3.8, 4) is 0 Å². The molecule has 0 spiro atoms. The van der Waals surface area contributed by atoms with E-state index in [-0.39, 0.29) is 23.9 Å². The second-order valence-electron chi connectivity index (χ2n) is 7.52. The van der Waals surface area contributed by atoms with Crippen molar-refractivity contribution < 1.29 is 9.59 Å². The van der Waals surface area contributed by atoms with E-state index >= 15 is 0 Å². The van der Waals surface area contributed by atoms with E-state index in [1.165, 1.54) is 0 Å². The fraction of sp³-hybridized carbons (Fsp3) is 0.765. The Morgan fingerprint density at radius 2 is 1.92 bits per heavy atom. The molecule has 3 aliphatic rings. The van der Waals surface area contributed by atoms with Gasteiger partial charge in [0.15, 0.2) is 5.82 Å². The van der Waals surface area contributed by atoms with E-state index in [4.69, 9.17) is 0 Å². The first kappa shape index (κ1) is 15.6. The summed E-state index contributed by atoms with van der Waals surface area (Å²) in [4.78, 5) is 29.0. The Bertz CT molecular complexity index is 679. The van der Waals surface area contributed by atoms with Gasteiger partial charge in [0.2, 0.25) is 11.8 Å². The zero-order valence-electron chi connectivity index (χ0n) is 14.6. The second kappa shape index (κ2) is 5.57. The molecular formula is C17H25N5O2. The van der Waals surface area contributed by atoms with Crippen LogP contribution in [-0.4, -0.2) is 55.0 Å². The van der Waals surface area contributed by atoms with E-state index in [0.717, 1.165) is 31.0 Å². The van der Waals surface area contributed by atoms with Crippen LogP contribution >= 0.6 is 0 Å². The minimum absolute atomic E-state index is 0.0839. The van der Waals surface area contributed by atoms with Crippen molar-refractivity contribution in [2.24, 2.45) is 0 Å². The van der Waals surface area contributed by atoms with Crippen molar-refractivity contribution in [2.45, 2.75) is 77.0 Å². The van der Waals surface area contributed by atoms with Crippen LogP contribution in [0.3, 0.4) is 0 Å². The highest BCUT2D eigenvalue weighted by molar-refractivity contribution is 5.91. The lowest BCUT2D eigenvalue weighted by atomic mass is 10.1. The molecule has 7 heteroatoms. The van der Waals surface area contributed by atoms with Crippen LogP contribution in [0.25, 0.3) is 0 Å². The Morgan fingerprint density at radius 3 is 2.58 bits per heavy atom. The van der Waals surface area contributed by atoms with Gasteiger partial charge in [-0.3, -0.25) is 9.59 Å². The highest BCUT2D eigenvalue weighted by atomic mass is 16.2. The van der Waals surface area contributed by atoms with Crippen molar-refractivity contribution in [2.75, 3.05) is 6.54 Å². The standard InChI is InChI=1S/C17H25N5O2/c1-10(2)15-18-19-16-11(3)20(8-9-21(15)16)17(24)13-6-7-14(23)22(13)12-4-5-12/h10-13H,4-9H2,1-3H3. The number of hydrogen-bond donors (Lipinski definition) is 0. The van der Waals surface area contributed by atoms with Crippen molar-refractivity contribution >= 4 is 11.8 Å². The summed E-state index contributed by atoms with van der Waals surface area (Å²) in [6.45, 7) is 7.62. The predicted molar refractivity (Wildman–Crippen MR) is 87.1 cm³/mol. The quantitative estimate of drug-likeness (QED) is 0.841. The maximum Gasteiger partial charge on any atom is 0.246 e. The lowest BCUT2D eigenvalue weighted by Crippen LogP contribution is -2.51. The van der Waals surface area contributed by atoms with E-state index < -0.39 is 0 Å². The third kappa shape index (κ3) is 2.32. The molecule has 1 aliphatic carbocycles. The Balaban J connectivity index is 1.56. The minimum Gasteiger partial charge on any atom is -0.329 e. The van der Waals surface area contributed by atoms with Gasteiger partial charge < -0.3 is 14.4 Å². The van der Waals surface area contributed by atoms with Crippen LogP contribution in [0.2, 0.25) is 0 Å². The van der Waals surface area contributed by atoms with Crippen LogP contribution < -0.4 is 0 Å². The fourth-order valence-electron chi connectivity index (χ4n) is 4.08. The predicted octanol–water partition coefficient (Wildman–Crippen LogP) is 1.46. The van der Waals surface area contributed by atoms with Gasteiger partial charge in [0, 0.05) is 31.5 Å². The van der Waals surface area contributed by atoms with E-state index in [1.54, 1.807) is 0 Å². The normalized spacial score (nSPS) is 27.1. The molecule has 2 atom stereocenters. The first-order chi connectivity index (χ1) is 11.5. The molecule has 130 valence electrons. The molecule has 2 aliphatic heterocycles. The largest absolute Gasteiger partial charge is 0.329 e. The van der Waals surface area contributed by atoms with Crippen LogP contribution in [0, 0.1) is 0 Å². The molecule has 1 saturated carbocycles. The summed E-state index contributed by atoms with van der Waals surface area (Å²) in [6.07, 6.45) is 3.23. The third-order valence-corrected chi connectivity index (χ3v) is 5.49. The van der Waals surface area contributed by atoms with E-state index in [0.29, 0.717) is 31.3 Å². The zero-order valence-corrected chi connectivity index (χ0v) is 14.6. The molecule has 0 aromatic carbocycles. The van der Waals surface area contributed by atoms with Gasteiger partial charge in [0.1, 0.15) is 11.9 Å². The Morgan fingerprint density at radius 1 is 1.17 bits per heavy atom. The van der Waals surface area contributed by atoms with Gasteiger partial charge in [-0.1, -0.05) is 13.8 Å². The second-order valence-corrected chi connectivity index (χ2v) is 7.52. The molecule has 1 saturated heterocycles. The molecule has 7 nitrogen and oxygen atoms in total. The van der Waals surface area contributed by atoms with E-state index in [2.05, 4.69) is 28.6 Å². The van der Waals surface area contributed by atoms with Crippen molar-refractivity contribution in [3.63, 3.8) is 0 Å². The number of carbonyl (C=O) groups excluding carboxylic acids is 2. The highest BCUT2D eigenvalue weighted by Gasteiger charge is 2.46. The summed E-state index contributed by atoms with van der Waals surface area (Å²) in [5.41, 5.74) is 0. The summed E-state index contributed by atoms with van der Waals surface area (Å²) in [5, 5.41) is 8.65. The number of likely N-dealkylation sites (tertiary alicyclic amines) is 1. The number of fused-ring (bicyclic) bond motifs is 1. The number of hydrogen-bond acceptors (Lipinski definition) is 4. The fourth-order valence-corrected chi connectivity index (χ4v) is 4.08. The maximum atomic E-state index is 13.1. The Hall–Kier alpha value is -1.92. The molecule has 2 unspecified atom stereocenters. The third-order valence-electron chi connectivity index (χ3n) is 5.49. The Labute approximate surface area is 142 Å². The summed E-state index contributed by atoms with van der Waals surface area (Å²) in [6, 6.07) is -0.0697. The molecule has 24 heavy (non-hydrogen) atoms. The minimum atomic E-state index is -0.272. The summed E-state index contributed by atoms with van der Waals surface area (Å²) in [5.74, 6) is 2.39. The van der Waals surface area contributed by atoms with Gasteiger partial charge in [-0.15, -0.1) is 10.2 Å². The average Bonchev–Trinajstić information content (AvgIpc) is 3.15. The van der Waals surface area contributed by atoms with Gasteiger partial charge in [0.05, 0.1) is 6.04 Å². The molecule has 1 aromatic heterocycles. The van der Waals surface area contributed by atoms with Crippen LogP contribution in [0.15, 0.2) is 0 Å². The number of nitrogens with zero attached hydrogens (tertiary/aromatic N) is 5. The number of amides is 2. The van der Waals surface area contributed by atoms with Crippen molar-refractivity contribution in [1.82, 2.24) is 24.6 Å². The van der Waals surface area contributed by atoms with Crippen molar-refractivity contribution in [3.05, 3.63) is 11.6 Å². The number of carbonyl (C=O) groups is 2. The number of rotatable bonds is 3. The smallest absolute Gasteiger partial charge is 0.246 e. The zero-order chi connectivity index (χ0) is 17.0. The SMILES string of the molecule is CC(C)c1nnc2n1CCN(C(=O)C1CCC(=O)N1C1CC1)C2C. The molecule has 3 heterocycles. The summed E-state index contributed by atoms with van der Waals surface area (Å²) in [7, 11) is 0. The highest BCUT2D eigenvalue weighted by Crippen LogP contribution is 2.36. The van der Waals surface area contributed by atoms with Gasteiger partial charge >= 0.3 is 0 Å². The molecular weight excluding hydrogens is 306 g/mol. The summed E-state index contributed by atoms with van der Waals surface area (Å²) >= 11 is 0. The molecule has 4 rings (SSSR count). The first-order valence-corrected chi connectivity index (χ1v) is 9.03. The van der Waals surface area contributed by atoms with Crippen LogP contribution in [-0.2, 0) is 16.1 Å². The average molecular weight is 331 g/mol. The first-order valence-electron chi connectivity index (χ1n) is 9.03. The maximum absolute atomic E-state index is 13.1. The van der Waals surface area contributed by atoms with E-state index in [1.807, 2.05) is 16.7 Å². The molecule has 2 amide bonds. The van der Waals surface area contributed by atoms with Gasteiger partial charge in [-0.2, -0.15) is 0 Å². The lowest BCUT2D eigenvalue weighted by Gasteiger charge is -2.37. The molecule has 1 aromatic rings. The van der Waals surface area contributed by atoms with Crippen molar-refractivity contribution in [1.29, 1.82) is 0 Å². The lowest BCUT2D eigenvalue weighted by molar-refractivity contribution is -0.144. The molecule has 0 radical (unpaired) electrons. The van der Waals surface area contributed by atoms with Gasteiger partial charge in [-0.05, 0) is 26.2 Å². The monoisotopic (exact) mass is 331 g/mol.